The smallest absolute Gasteiger partial charge is 0.270 e. The second-order valence-electron chi connectivity index (χ2n) is 4.32. The highest BCUT2D eigenvalue weighted by molar-refractivity contribution is 8.13. The quantitative estimate of drug-likeness (QED) is 0.445. The molecule has 4 nitrogen and oxygen atoms in total. The maximum atomic E-state index is 5.95. The number of oxazole rings is 1. The van der Waals surface area contributed by atoms with Crippen LogP contribution in [0, 0.1) is 4.84 Å². The summed E-state index contributed by atoms with van der Waals surface area (Å²) >= 11 is 6.66. The van der Waals surface area contributed by atoms with E-state index in [0.29, 0.717) is 15.9 Å². The topological polar surface area (TPSA) is 56.4 Å². The van der Waals surface area contributed by atoms with Gasteiger partial charge in [0.15, 0.2) is 10.8 Å². The number of rotatable bonds is 3. The van der Waals surface area contributed by atoms with Crippen LogP contribution in [0.3, 0.4) is 0 Å². The zero-order chi connectivity index (χ0) is 14.7. The highest BCUT2D eigenvalue weighted by atomic mass is 32.2. The Morgan fingerprint density at radius 1 is 1.14 bits per heavy atom. The van der Waals surface area contributed by atoms with Crippen molar-refractivity contribution in [3.63, 3.8) is 0 Å². The van der Waals surface area contributed by atoms with E-state index in [4.69, 9.17) is 22.4 Å². The second kappa shape index (κ2) is 6.15. The molecule has 6 heteroatoms. The summed E-state index contributed by atoms with van der Waals surface area (Å²) in [6.45, 7) is 0. The van der Waals surface area contributed by atoms with Crippen molar-refractivity contribution in [1.82, 2.24) is 4.57 Å². The van der Waals surface area contributed by atoms with E-state index in [2.05, 4.69) is 4.99 Å². The van der Waals surface area contributed by atoms with E-state index in [1.807, 2.05) is 59.2 Å². The second-order valence-corrected chi connectivity index (χ2v) is 5.64. The molecular weight excluding hydrogens is 302 g/mol. The average molecular weight is 315 g/mol. The van der Waals surface area contributed by atoms with Gasteiger partial charge in [-0.1, -0.05) is 42.1 Å². The Labute approximate surface area is 131 Å². The lowest BCUT2D eigenvalue weighted by Gasteiger charge is -2.03. The van der Waals surface area contributed by atoms with Gasteiger partial charge in [-0.2, -0.15) is 0 Å². The van der Waals surface area contributed by atoms with Crippen molar-refractivity contribution in [2.45, 2.75) is 5.88 Å². The van der Waals surface area contributed by atoms with Crippen LogP contribution in [0.1, 0.15) is 0 Å². The van der Waals surface area contributed by atoms with Crippen LogP contribution >= 0.6 is 24.0 Å². The van der Waals surface area contributed by atoms with Crippen LogP contribution in [0.5, 0.6) is 0 Å². The summed E-state index contributed by atoms with van der Waals surface area (Å²) in [6.07, 6.45) is 0. The minimum Gasteiger partial charge on any atom is -0.429 e. The van der Waals surface area contributed by atoms with Gasteiger partial charge in [-0.3, -0.25) is 4.57 Å². The largest absolute Gasteiger partial charge is 0.429 e. The third-order valence-electron chi connectivity index (χ3n) is 2.91. The van der Waals surface area contributed by atoms with Gasteiger partial charge in [-0.15, -0.1) is 0 Å². The Morgan fingerprint density at radius 2 is 1.86 bits per heavy atom. The summed E-state index contributed by atoms with van der Waals surface area (Å²) in [6, 6.07) is 17.4. The number of nitrogens with two attached hydrogens (primary N) is 1. The van der Waals surface area contributed by atoms with Crippen molar-refractivity contribution >= 4 is 45.9 Å². The van der Waals surface area contributed by atoms with Gasteiger partial charge in [-0.25, -0.2) is 4.99 Å². The first-order valence-corrected chi connectivity index (χ1v) is 7.74. The molecule has 0 aliphatic heterocycles. The van der Waals surface area contributed by atoms with Gasteiger partial charge in [0.25, 0.3) is 4.84 Å². The normalized spacial score (nSPS) is 11.9. The molecule has 0 spiro atoms. The Morgan fingerprint density at radius 3 is 2.67 bits per heavy atom. The molecule has 0 unspecified atom stereocenters. The van der Waals surface area contributed by atoms with Gasteiger partial charge < -0.3 is 10.2 Å². The molecule has 0 aliphatic carbocycles. The Hall–Kier alpha value is -2.05. The number of fused-ring (bicyclic) bond motifs is 1. The first-order valence-electron chi connectivity index (χ1n) is 6.34. The number of para-hydroxylation sites is 3. The molecule has 0 saturated carbocycles. The van der Waals surface area contributed by atoms with E-state index in [1.54, 1.807) is 0 Å². The fourth-order valence-corrected chi connectivity index (χ4v) is 2.95. The molecule has 2 aromatic carbocycles. The Balaban J connectivity index is 1.79. The summed E-state index contributed by atoms with van der Waals surface area (Å²) in [4.78, 5) is 4.79. The number of benzene rings is 2. The number of aromatic nitrogens is 1. The van der Waals surface area contributed by atoms with Gasteiger partial charge in [0.2, 0.25) is 0 Å². The molecule has 0 radical (unpaired) electrons. The van der Waals surface area contributed by atoms with Crippen molar-refractivity contribution in [2.75, 3.05) is 0 Å². The molecular formula is C15H13N3OS2. The molecule has 0 bridgehead atoms. The maximum Gasteiger partial charge on any atom is 0.270 e. The number of amidine groups is 1. The summed E-state index contributed by atoms with van der Waals surface area (Å²) in [7, 11) is 0. The number of hydrogen-bond acceptors (Lipinski definition) is 4. The highest BCUT2D eigenvalue weighted by Gasteiger charge is 2.06. The molecule has 2 N–H and O–H groups in total. The van der Waals surface area contributed by atoms with Crippen LogP contribution in [0.2, 0.25) is 0 Å². The van der Waals surface area contributed by atoms with Crippen molar-refractivity contribution < 1.29 is 4.42 Å². The fraction of sp³-hybridized carbons (Fsp3) is 0.0667. The van der Waals surface area contributed by atoms with Gasteiger partial charge >= 0.3 is 0 Å². The third kappa shape index (κ3) is 3.17. The summed E-state index contributed by atoms with van der Waals surface area (Å²) < 4.78 is 7.44. The van der Waals surface area contributed by atoms with Crippen LogP contribution in [-0.2, 0) is 5.88 Å². The van der Waals surface area contributed by atoms with E-state index in [1.165, 1.54) is 11.8 Å². The molecule has 0 fully saturated rings. The third-order valence-corrected chi connectivity index (χ3v) is 3.99. The van der Waals surface area contributed by atoms with Gasteiger partial charge in [0.1, 0.15) is 0 Å². The lowest BCUT2D eigenvalue weighted by molar-refractivity contribution is 0.557. The SMILES string of the molecule is NC(=Nc1ccccc1)SCn1c(=S)oc2ccccc21. The predicted molar refractivity (Wildman–Crippen MR) is 90.4 cm³/mol. The number of thioether (sulfide) groups is 1. The first-order chi connectivity index (χ1) is 10.2. The minimum atomic E-state index is 0.441. The molecule has 1 aromatic heterocycles. The standard InChI is InChI=1S/C15H13N3OS2/c16-14(17-11-6-2-1-3-7-11)21-10-18-12-8-4-5-9-13(12)19-15(18)20/h1-9H,10H2,(H2,16,17). The fourth-order valence-electron chi connectivity index (χ4n) is 1.93. The Kier molecular flexibility index (Phi) is 4.08. The van der Waals surface area contributed by atoms with Crippen molar-refractivity contribution in [1.29, 1.82) is 0 Å². The van der Waals surface area contributed by atoms with Gasteiger partial charge in [0, 0.05) is 0 Å². The Bertz CT molecular complexity index is 837. The van der Waals surface area contributed by atoms with Gasteiger partial charge in [0.05, 0.1) is 17.1 Å². The van der Waals surface area contributed by atoms with Crippen molar-refractivity contribution in [2.24, 2.45) is 10.7 Å². The van der Waals surface area contributed by atoms with E-state index >= 15 is 0 Å². The zero-order valence-electron chi connectivity index (χ0n) is 11.1. The molecule has 0 saturated heterocycles. The van der Waals surface area contributed by atoms with E-state index in [-0.39, 0.29) is 0 Å². The minimum absolute atomic E-state index is 0.441. The van der Waals surface area contributed by atoms with Crippen molar-refractivity contribution in [3.05, 3.63) is 59.4 Å². The molecule has 3 aromatic rings. The number of aliphatic imine (C=N–C) groups is 1. The molecule has 1 heterocycles. The number of nitrogens with zero attached hydrogens (tertiary/aromatic N) is 2. The maximum absolute atomic E-state index is 5.95. The molecule has 0 aliphatic rings. The van der Waals surface area contributed by atoms with Crippen LogP contribution < -0.4 is 5.73 Å². The van der Waals surface area contributed by atoms with Crippen molar-refractivity contribution in [3.8, 4) is 0 Å². The predicted octanol–water partition coefficient (Wildman–Crippen LogP) is 4.30. The average Bonchev–Trinajstić information content (AvgIpc) is 2.81. The molecule has 0 atom stereocenters. The van der Waals surface area contributed by atoms with E-state index < -0.39 is 0 Å². The monoisotopic (exact) mass is 315 g/mol. The lowest BCUT2D eigenvalue weighted by Crippen LogP contribution is -2.08. The van der Waals surface area contributed by atoms with Crippen LogP contribution in [-0.4, -0.2) is 9.73 Å². The zero-order valence-corrected chi connectivity index (χ0v) is 12.7. The van der Waals surface area contributed by atoms with Crippen LogP contribution in [0.4, 0.5) is 5.69 Å². The summed E-state index contributed by atoms with van der Waals surface area (Å²) in [5, 5.41) is 0.494. The summed E-state index contributed by atoms with van der Waals surface area (Å²) in [5.41, 5.74) is 8.53. The van der Waals surface area contributed by atoms with E-state index in [9.17, 15) is 0 Å². The molecule has 21 heavy (non-hydrogen) atoms. The molecule has 0 amide bonds. The lowest BCUT2D eigenvalue weighted by atomic mass is 10.3. The molecule has 3 rings (SSSR count). The van der Waals surface area contributed by atoms with Crippen LogP contribution in [0.15, 0.2) is 64.0 Å². The van der Waals surface area contributed by atoms with E-state index in [0.717, 1.165) is 16.8 Å². The van der Waals surface area contributed by atoms with Gasteiger partial charge in [-0.05, 0) is 36.5 Å². The molecule has 106 valence electrons. The number of hydrogen-bond donors (Lipinski definition) is 1. The first kappa shape index (κ1) is 13.9. The van der Waals surface area contributed by atoms with Crippen LogP contribution in [0.25, 0.3) is 11.1 Å². The highest BCUT2D eigenvalue weighted by Crippen LogP contribution is 2.20. The summed E-state index contributed by atoms with van der Waals surface area (Å²) in [5.74, 6) is 0.567.